The number of rotatable bonds is 5. The van der Waals surface area contributed by atoms with E-state index in [1.165, 1.54) is 0 Å². The first kappa shape index (κ1) is 18.4. The van der Waals surface area contributed by atoms with Crippen LogP contribution in [0.2, 0.25) is 0 Å². The molecule has 2 aliphatic heterocycles. The van der Waals surface area contributed by atoms with Crippen molar-refractivity contribution < 1.29 is 14.3 Å². The normalized spacial score (nSPS) is 19.7. The maximum absolute atomic E-state index is 12.8. The van der Waals surface area contributed by atoms with E-state index in [0.717, 1.165) is 30.8 Å². The number of nitrogens with zero attached hydrogens (tertiary/aromatic N) is 3. The smallest absolute Gasteiger partial charge is 0.261 e. The Morgan fingerprint density at radius 2 is 2.18 bits per heavy atom. The highest BCUT2D eigenvalue weighted by molar-refractivity contribution is 5.95. The van der Waals surface area contributed by atoms with Gasteiger partial charge in [0.15, 0.2) is 6.61 Å². The van der Waals surface area contributed by atoms with Crippen molar-refractivity contribution in [2.75, 3.05) is 37.7 Å². The Hall–Kier alpha value is -2.93. The molecule has 1 aromatic carbocycles. The average molecular weight is 380 g/mol. The highest BCUT2D eigenvalue weighted by Gasteiger charge is 2.28. The van der Waals surface area contributed by atoms with E-state index in [4.69, 9.17) is 4.74 Å². The summed E-state index contributed by atoms with van der Waals surface area (Å²) in [7, 11) is 0. The van der Waals surface area contributed by atoms with Gasteiger partial charge in [0, 0.05) is 56.7 Å². The van der Waals surface area contributed by atoms with Gasteiger partial charge in [-0.2, -0.15) is 0 Å². The van der Waals surface area contributed by atoms with Crippen molar-refractivity contribution in [1.29, 1.82) is 0 Å². The molecule has 2 aliphatic rings. The highest BCUT2D eigenvalue weighted by Crippen LogP contribution is 2.26. The van der Waals surface area contributed by atoms with Gasteiger partial charge in [-0.25, -0.2) is 0 Å². The molecular formula is C21H24N4O3. The van der Waals surface area contributed by atoms with Crippen LogP contribution in [0.15, 0.2) is 48.8 Å². The number of aromatic nitrogens is 1. The van der Waals surface area contributed by atoms with Crippen LogP contribution in [0, 0.1) is 0 Å². The van der Waals surface area contributed by atoms with Gasteiger partial charge < -0.3 is 19.9 Å². The molecule has 2 saturated heterocycles. The number of hydrogen-bond donors (Lipinski definition) is 1. The minimum atomic E-state index is -0.0574. The van der Waals surface area contributed by atoms with E-state index < -0.39 is 0 Å². The fraction of sp³-hybridized carbons (Fsp3) is 0.381. The second-order valence-electron chi connectivity index (χ2n) is 7.03. The lowest BCUT2D eigenvalue weighted by Gasteiger charge is -2.36. The molecule has 0 saturated carbocycles. The molecule has 2 fully saturated rings. The lowest BCUT2D eigenvalue weighted by atomic mass is 10.1. The molecule has 1 aromatic heterocycles. The zero-order chi connectivity index (χ0) is 19.3. The van der Waals surface area contributed by atoms with Crippen molar-refractivity contribution >= 4 is 17.5 Å². The predicted molar refractivity (Wildman–Crippen MR) is 105 cm³/mol. The second kappa shape index (κ2) is 8.39. The monoisotopic (exact) mass is 380 g/mol. The van der Waals surface area contributed by atoms with Crippen molar-refractivity contribution in [3.63, 3.8) is 0 Å². The lowest BCUT2D eigenvalue weighted by molar-refractivity contribution is -0.136. The maximum Gasteiger partial charge on any atom is 0.261 e. The highest BCUT2D eigenvalue weighted by atomic mass is 16.5. The molecule has 2 aromatic rings. The third-order valence-electron chi connectivity index (χ3n) is 5.20. The maximum atomic E-state index is 12.8. The van der Waals surface area contributed by atoms with Crippen LogP contribution >= 0.6 is 0 Å². The van der Waals surface area contributed by atoms with E-state index in [0.29, 0.717) is 25.3 Å². The first-order valence-corrected chi connectivity index (χ1v) is 9.66. The summed E-state index contributed by atoms with van der Waals surface area (Å²) in [5, 5.41) is 3.33. The van der Waals surface area contributed by atoms with E-state index in [2.05, 4.69) is 10.3 Å². The number of anilines is 1. The quantitative estimate of drug-likeness (QED) is 0.856. The second-order valence-corrected chi connectivity index (χ2v) is 7.03. The predicted octanol–water partition coefficient (Wildman–Crippen LogP) is 1.76. The molecule has 1 N–H and O–H groups in total. The molecule has 28 heavy (non-hydrogen) atoms. The first-order chi connectivity index (χ1) is 13.7. The molecule has 0 aliphatic carbocycles. The summed E-state index contributed by atoms with van der Waals surface area (Å²) in [4.78, 5) is 32.6. The SMILES string of the molecule is O=C1CCCN1c1cccc(OCC(=O)N2CCNCC2c2cccnc2)c1. The van der Waals surface area contributed by atoms with E-state index >= 15 is 0 Å². The van der Waals surface area contributed by atoms with Crippen LogP contribution in [0.3, 0.4) is 0 Å². The van der Waals surface area contributed by atoms with Crippen molar-refractivity contribution in [3.8, 4) is 5.75 Å². The Kier molecular flexibility index (Phi) is 5.53. The molecule has 1 unspecified atom stereocenters. The molecule has 1 atom stereocenters. The zero-order valence-corrected chi connectivity index (χ0v) is 15.7. The number of hydrogen-bond acceptors (Lipinski definition) is 5. The third-order valence-corrected chi connectivity index (χ3v) is 5.20. The van der Waals surface area contributed by atoms with Crippen LogP contribution in [-0.2, 0) is 9.59 Å². The van der Waals surface area contributed by atoms with Gasteiger partial charge in [-0.15, -0.1) is 0 Å². The number of carbonyl (C=O) groups is 2. The van der Waals surface area contributed by atoms with E-state index in [1.807, 2.05) is 41.3 Å². The molecule has 0 spiro atoms. The van der Waals surface area contributed by atoms with Crippen LogP contribution in [0.1, 0.15) is 24.4 Å². The average Bonchev–Trinajstić information content (AvgIpc) is 3.19. The fourth-order valence-electron chi connectivity index (χ4n) is 3.76. The van der Waals surface area contributed by atoms with Crippen molar-refractivity contribution in [3.05, 3.63) is 54.4 Å². The zero-order valence-electron chi connectivity index (χ0n) is 15.7. The fourth-order valence-corrected chi connectivity index (χ4v) is 3.76. The van der Waals surface area contributed by atoms with E-state index in [9.17, 15) is 9.59 Å². The minimum Gasteiger partial charge on any atom is -0.484 e. The Bertz CT molecular complexity index is 843. The number of amides is 2. The van der Waals surface area contributed by atoms with Crippen LogP contribution in [0.5, 0.6) is 5.75 Å². The summed E-state index contributed by atoms with van der Waals surface area (Å²) >= 11 is 0. The van der Waals surface area contributed by atoms with E-state index in [-0.39, 0.29) is 24.5 Å². The molecular weight excluding hydrogens is 356 g/mol. The van der Waals surface area contributed by atoms with Crippen LogP contribution in [0.25, 0.3) is 0 Å². The molecule has 3 heterocycles. The first-order valence-electron chi connectivity index (χ1n) is 9.66. The van der Waals surface area contributed by atoms with Gasteiger partial charge in [0.25, 0.3) is 5.91 Å². The standard InChI is InChI=1S/C21H24N4O3/c26-20-7-3-10-24(20)17-5-1-6-18(12-17)28-15-21(27)25-11-9-23-14-19(25)16-4-2-8-22-13-16/h1-2,4-6,8,12-13,19,23H,3,7,9-11,14-15H2. The Labute approximate surface area is 164 Å². The lowest BCUT2D eigenvalue weighted by Crippen LogP contribution is -2.50. The van der Waals surface area contributed by atoms with Crippen molar-refractivity contribution in [1.82, 2.24) is 15.2 Å². The molecule has 7 nitrogen and oxygen atoms in total. The van der Waals surface area contributed by atoms with Gasteiger partial charge in [0.05, 0.1) is 6.04 Å². The summed E-state index contributed by atoms with van der Waals surface area (Å²) < 4.78 is 5.78. The van der Waals surface area contributed by atoms with Crippen LogP contribution in [-0.4, -0.2) is 54.5 Å². The number of carbonyl (C=O) groups excluding carboxylic acids is 2. The van der Waals surface area contributed by atoms with Gasteiger partial charge in [0.1, 0.15) is 5.75 Å². The van der Waals surface area contributed by atoms with Gasteiger partial charge in [-0.1, -0.05) is 12.1 Å². The Morgan fingerprint density at radius 1 is 1.25 bits per heavy atom. The summed E-state index contributed by atoms with van der Waals surface area (Å²) in [6.07, 6.45) is 4.99. The van der Waals surface area contributed by atoms with Crippen molar-refractivity contribution in [2.45, 2.75) is 18.9 Å². The van der Waals surface area contributed by atoms with Crippen LogP contribution < -0.4 is 15.0 Å². The number of pyridine rings is 1. The molecule has 0 bridgehead atoms. The third kappa shape index (κ3) is 3.99. The molecule has 7 heteroatoms. The molecule has 2 amide bonds. The van der Waals surface area contributed by atoms with Gasteiger partial charge >= 0.3 is 0 Å². The van der Waals surface area contributed by atoms with Gasteiger partial charge in [-0.05, 0) is 30.2 Å². The van der Waals surface area contributed by atoms with Crippen molar-refractivity contribution in [2.24, 2.45) is 0 Å². The van der Waals surface area contributed by atoms with Gasteiger partial charge in [0.2, 0.25) is 5.91 Å². The Morgan fingerprint density at radius 3 is 2.96 bits per heavy atom. The summed E-state index contributed by atoms with van der Waals surface area (Å²) in [6, 6.07) is 11.2. The largest absolute Gasteiger partial charge is 0.484 e. The van der Waals surface area contributed by atoms with Crippen LogP contribution in [0.4, 0.5) is 5.69 Å². The molecule has 146 valence electrons. The number of ether oxygens (including phenoxy) is 1. The van der Waals surface area contributed by atoms with E-state index in [1.54, 1.807) is 17.3 Å². The number of piperazine rings is 1. The summed E-state index contributed by atoms with van der Waals surface area (Å²) in [6.45, 7) is 2.78. The molecule has 4 rings (SSSR count). The molecule has 0 radical (unpaired) electrons. The number of nitrogens with one attached hydrogen (secondary N) is 1. The summed E-state index contributed by atoms with van der Waals surface area (Å²) in [5.41, 5.74) is 1.83. The number of benzene rings is 1. The van der Waals surface area contributed by atoms with Gasteiger partial charge in [-0.3, -0.25) is 14.6 Å². The topological polar surface area (TPSA) is 74.8 Å². The Balaban J connectivity index is 1.41. The minimum absolute atomic E-state index is 0.0336. The summed E-state index contributed by atoms with van der Waals surface area (Å²) in [5.74, 6) is 0.671.